The molecule has 0 bridgehead atoms. The van der Waals surface area contributed by atoms with Crippen LogP contribution in [0.3, 0.4) is 0 Å². The zero-order valence-electron chi connectivity index (χ0n) is 8.11. The molecule has 5 heteroatoms. The van der Waals surface area contributed by atoms with Crippen LogP contribution < -0.4 is 0 Å². The lowest BCUT2D eigenvalue weighted by Crippen LogP contribution is -1.94. The molecule has 0 aromatic heterocycles. The van der Waals surface area contributed by atoms with Crippen molar-refractivity contribution < 1.29 is 13.6 Å². The van der Waals surface area contributed by atoms with Crippen molar-refractivity contribution in [3.63, 3.8) is 0 Å². The first kappa shape index (κ1) is 12.4. The van der Waals surface area contributed by atoms with E-state index in [1.54, 1.807) is 13.0 Å². The Morgan fingerprint density at radius 2 is 1.92 bits per heavy atom. The van der Waals surface area contributed by atoms with E-state index in [9.17, 15) is 0 Å². The molecule has 0 aliphatic rings. The Balaban J connectivity index is 4.01. The average Bonchev–Trinajstić information content (AvgIpc) is 2.14. The molecular formula is C8H14NO3P. The monoisotopic (exact) mass is 203 g/mol. The van der Waals surface area contributed by atoms with Crippen molar-refractivity contribution in [3.8, 4) is 6.07 Å². The van der Waals surface area contributed by atoms with Crippen LogP contribution >= 0.6 is 8.60 Å². The maximum atomic E-state index is 8.57. The van der Waals surface area contributed by atoms with Gasteiger partial charge in [0.25, 0.3) is 0 Å². The van der Waals surface area contributed by atoms with E-state index in [4.69, 9.17) is 18.8 Å². The highest BCUT2D eigenvalue weighted by Crippen LogP contribution is 2.41. The third kappa shape index (κ3) is 5.59. The summed E-state index contributed by atoms with van der Waals surface area (Å²) in [6.07, 6.45) is 1.58. The summed E-state index contributed by atoms with van der Waals surface area (Å²) in [5.74, 6) is 0.230. The van der Waals surface area contributed by atoms with Crippen LogP contribution in [0.25, 0.3) is 0 Å². The van der Waals surface area contributed by atoms with Gasteiger partial charge in [-0.15, -0.1) is 0 Å². The molecule has 0 amide bonds. The summed E-state index contributed by atoms with van der Waals surface area (Å²) < 4.78 is 15.4. The fourth-order valence-electron chi connectivity index (χ4n) is 0.519. The molecule has 0 saturated heterocycles. The summed E-state index contributed by atoms with van der Waals surface area (Å²) in [5, 5.41) is 8.57. The predicted molar refractivity (Wildman–Crippen MR) is 50.6 cm³/mol. The van der Waals surface area contributed by atoms with Crippen molar-refractivity contribution in [2.75, 3.05) is 13.2 Å². The molecule has 0 aromatic rings. The highest BCUT2D eigenvalue weighted by atomic mass is 31.2. The molecule has 0 unspecified atom stereocenters. The Labute approximate surface area is 80.1 Å². The summed E-state index contributed by atoms with van der Waals surface area (Å²) in [5.41, 5.74) is 0. The van der Waals surface area contributed by atoms with E-state index in [0.717, 1.165) is 0 Å². The van der Waals surface area contributed by atoms with Crippen LogP contribution in [0.5, 0.6) is 0 Å². The van der Waals surface area contributed by atoms with Crippen molar-refractivity contribution in [3.05, 3.63) is 11.8 Å². The van der Waals surface area contributed by atoms with E-state index in [1.807, 2.05) is 19.9 Å². The first-order valence-electron chi connectivity index (χ1n) is 4.08. The van der Waals surface area contributed by atoms with Gasteiger partial charge < -0.3 is 13.6 Å². The van der Waals surface area contributed by atoms with E-state index in [1.165, 1.54) is 0 Å². The van der Waals surface area contributed by atoms with E-state index in [0.29, 0.717) is 13.2 Å². The highest BCUT2D eigenvalue weighted by Gasteiger charge is 2.13. The van der Waals surface area contributed by atoms with Crippen LogP contribution in [-0.2, 0) is 13.6 Å². The van der Waals surface area contributed by atoms with Gasteiger partial charge in [-0.3, -0.25) is 0 Å². The summed E-state index contributed by atoms with van der Waals surface area (Å²) in [7, 11) is -1.40. The van der Waals surface area contributed by atoms with Crippen LogP contribution in [0.1, 0.15) is 20.8 Å². The number of hydrogen-bond acceptors (Lipinski definition) is 4. The predicted octanol–water partition coefficient (Wildman–Crippen LogP) is 2.73. The Hall–Kier alpha value is -0.620. The minimum atomic E-state index is -1.40. The Bertz CT molecular complexity index is 194. The van der Waals surface area contributed by atoms with Crippen LogP contribution in [-0.4, -0.2) is 13.2 Å². The van der Waals surface area contributed by atoms with Gasteiger partial charge in [-0.1, -0.05) is 0 Å². The van der Waals surface area contributed by atoms with Gasteiger partial charge in [-0.05, 0) is 26.8 Å². The van der Waals surface area contributed by atoms with Crippen LogP contribution in [0.4, 0.5) is 0 Å². The average molecular weight is 203 g/mol. The third-order valence-electron chi connectivity index (χ3n) is 1.01. The van der Waals surface area contributed by atoms with Gasteiger partial charge in [0.2, 0.25) is 5.76 Å². The van der Waals surface area contributed by atoms with Gasteiger partial charge in [0.15, 0.2) is 0 Å². The second-order valence-electron chi connectivity index (χ2n) is 1.92. The molecule has 0 aliphatic carbocycles. The van der Waals surface area contributed by atoms with Crippen molar-refractivity contribution in [2.45, 2.75) is 20.8 Å². The molecule has 0 N–H and O–H groups in total. The molecule has 0 aliphatic heterocycles. The molecule has 4 nitrogen and oxygen atoms in total. The fourth-order valence-corrected chi connectivity index (χ4v) is 1.43. The normalized spacial score (nSPS) is 11.5. The molecule has 0 radical (unpaired) electrons. The molecular weight excluding hydrogens is 189 g/mol. The summed E-state index contributed by atoms with van der Waals surface area (Å²) in [6.45, 7) is 6.44. The lowest BCUT2D eigenvalue weighted by molar-refractivity contribution is 0.202. The van der Waals surface area contributed by atoms with Crippen molar-refractivity contribution in [2.24, 2.45) is 0 Å². The molecule has 0 fully saturated rings. The van der Waals surface area contributed by atoms with E-state index < -0.39 is 8.60 Å². The minimum absolute atomic E-state index is 0.230. The number of allylic oxidation sites excluding steroid dienone is 2. The van der Waals surface area contributed by atoms with E-state index >= 15 is 0 Å². The SMILES string of the molecule is C/C=C(\C#N)OP(OCC)OCC. The Kier molecular flexibility index (Phi) is 7.62. The molecule has 13 heavy (non-hydrogen) atoms. The summed E-state index contributed by atoms with van der Waals surface area (Å²) >= 11 is 0. The Morgan fingerprint density at radius 3 is 2.23 bits per heavy atom. The van der Waals surface area contributed by atoms with Gasteiger partial charge in [0.1, 0.15) is 6.07 Å². The van der Waals surface area contributed by atoms with Crippen molar-refractivity contribution in [1.29, 1.82) is 5.26 Å². The number of rotatable bonds is 6. The van der Waals surface area contributed by atoms with Gasteiger partial charge in [-0.2, -0.15) is 5.26 Å². The largest absolute Gasteiger partial charge is 0.416 e. The highest BCUT2D eigenvalue weighted by molar-refractivity contribution is 7.41. The van der Waals surface area contributed by atoms with Crippen LogP contribution in [0.15, 0.2) is 11.8 Å². The molecule has 0 atom stereocenters. The molecule has 0 heterocycles. The second-order valence-corrected chi connectivity index (χ2v) is 3.06. The molecule has 0 saturated carbocycles. The fraction of sp³-hybridized carbons (Fsp3) is 0.625. The summed E-state index contributed by atoms with van der Waals surface area (Å²) in [6, 6.07) is 1.89. The molecule has 0 spiro atoms. The first-order valence-corrected chi connectivity index (χ1v) is 5.18. The smallest absolute Gasteiger partial charge is 0.397 e. The summed E-state index contributed by atoms with van der Waals surface area (Å²) in [4.78, 5) is 0. The quantitative estimate of drug-likeness (QED) is 0.378. The Morgan fingerprint density at radius 1 is 1.38 bits per heavy atom. The minimum Gasteiger partial charge on any atom is -0.416 e. The lowest BCUT2D eigenvalue weighted by Gasteiger charge is -2.13. The number of nitriles is 1. The van der Waals surface area contributed by atoms with Gasteiger partial charge >= 0.3 is 8.60 Å². The maximum Gasteiger partial charge on any atom is 0.397 e. The maximum absolute atomic E-state index is 8.57. The molecule has 0 rings (SSSR count). The molecule has 74 valence electrons. The first-order chi connectivity index (χ1) is 6.28. The van der Waals surface area contributed by atoms with E-state index in [2.05, 4.69) is 0 Å². The lowest BCUT2D eigenvalue weighted by atomic mass is 10.5. The zero-order chi connectivity index (χ0) is 10.1. The zero-order valence-corrected chi connectivity index (χ0v) is 9.01. The molecule has 0 aromatic carbocycles. The third-order valence-corrected chi connectivity index (χ3v) is 2.30. The number of nitrogens with zero attached hydrogens (tertiary/aromatic N) is 1. The van der Waals surface area contributed by atoms with Crippen LogP contribution in [0, 0.1) is 11.3 Å². The van der Waals surface area contributed by atoms with E-state index in [-0.39, 0.29) is 5.76 Å². The van der Waals surface area contributed by atoms with Gasteiger partial charge in [-0.25, -0.2) is 0 Å². The van der Waals surface area contributed by atoms with Gasteiger partial charge in [0.05, 0.1) is 13.2 Å². The topological polar surface area (TPSA) is 51.5 Å². The standard InChI is InChI=1S/C8H14NO3P/c1-4-8(7-9)12-13(10-5-2)11-6-3/h4H,5-6H2,1-3H3/b8-4+. The number of hydrogen-bond donors (Lipinski definition) is 0. The van der Waals surface area contributed by atoms with Crippen molar-refractivity contribution in [1.82, 2.24) is 0 Å². The second kappa shape index (κ2) is 8.00. The van der Waals surface area contributed by atoms with Crippen molar-refractivity contribution >= 4 is 8.60 Å². The van der Waals surface area contributed by atoms with Crippen LogP contribution in [0.2, 0.25) is 0 Å². The van der Waals surface area contributed by atoms with Gasteiger partial charge in [0, 0.05) is 0 Å².